The van der Waals surface area contributed by atoms with Gasteiger partial charge in [-0.2, -0.15) is 0 Å². The fraction of sp³-hybridized carbons (Fsp3) is 0.389. The first-order valence-electron chi connectivity index (χ1n) is 8.02. The third-order valence-corrected chi connectivity index (χ3v) is 5.03. The molecular weight excluding hydrogens is 310 g/mol. The number of aliphatic imine (C=N–C) groups is 1. The van der Waals surface area contributed by atoms with Gasteiger partial charge < -0.3 is 14.6 Å². The third kappa shape index (κ3) is 2.66. The van der Waals surface area contributed by atoms with E-state index in [0.29, 0.717) is 0 Å². The van der Waals surface area contributed by atoms with Crippen LogP contribution in [0.15, 0.2) is 46.0 Å². The molecule has 2 aliphatic heterocycles. The second-order valence-electron chi connectivity index (χ2n) is 6.43. The maximum atomic E-state index is 6.27. The number of hydrogen-bond acceptors (Lipinski definition) is 4. The van der Waals surface area contributed by atoms with Crippen molar-refractivity contribution in [3.05, 3.63) is 52.9 Å². The summed E-state index contributed by atoms with van der Waals surface area (Å²) in [5.41, 5.74) is 3.04. The van der Waals surface area contributed by atoms with E-state index >= 15 is 0 Å². The molecule has 5 heteroatoms. The Balaban J connectivity index is 1.92. The maximum Gasteiger partial charge on any atom is 0.152 e. The van der Waals surface area contributed by atoms with Gasteiger partial charge in [0.2, 0.25) is 0 Å². The number of benzene rings is 1. The SMILES string of the molecule is CN1CC2(CCNCC2)N=C(c2ccco2)c2cc(Cl)ccc21. The smallest absolute Gasteiger partial charge is 0.152 e. The molecule has 2 aromatic rings. The average molecular weight is 330 g/mol. The van der Waals surface area contributed by atoms with Gasteiger partial charge in [-0.05, 0) is 56.3 Å². The van der Waals surface area contributed by atoms with E-state index in [1.807, 2.05) is 24.3 Å². The Bertz CT molecular complexity index is 733. The van der Waals surface area contributed by atoms with Crippen LogP contribution in [0.2, 0.25) is 5.02 Å². The summed E-state index contributed by atoms with van der Waals surface area (Å²) in [6.07, 6.45) is 3.76. The van der Waals surface area contributed by atoms with Gasteiger partial charge in [0.25, 0.3) is 0 Å². The molecule has 2 aliphatic rings. The van der Waals surface area contributed by atoms with Gasteiger partial charge >= 0.3 is 0 Å². The van der Waals surface area contributed by atoms with Crippen molar-refractivity contribution < 1.29 is 4.42 Å². The zero-order valence-corrected chi connectivity index (χ0v) is 13.9. The van der Waals surface area contributed by atoms with Crippen molar-refractivity contribution in [2.75, 3.05) is 31.6 Å². The molecular formula is C18H20ClN3O. The van der Waals surface area contributed by atoms with Crippen molar-refractivity contribution in [3.8, 4) is 0 Å². The normalized spacial score (nSPS) is 20.1. The molecule has 23 heavy (non-hydrogen) atoms. The van der Waals surface area contributed by atoms with Crippen molar-refractivity contribution >= 4 is 23.0 Å². The van der Waals surface area contributed by atoms with Gasteiger partial charge in [0.15, 0.2) is 5.76 Å². The first-order valence-corrected chi connectivity index (χ1v) is 8.40. The lowest BCUT2D eigenvalue weighted by Gasteiger charge is -2.36. The van der Waals surface area contributed by atoms with Crippen LogP contribution in [0.1, 0.15) is 24.2 Å². The van der Waals surface area contributed by atoms with Crippen molar-refractivity contribution in [1.29, 1.82) is 0 Å². The summed E-state index contributed by atoms with van der Waals surface area (Å²) in [6.45, 7) is 2.91. The van der Waals surface area contributed by atoms with E-state index in [1.54, 1.807) is 6.26 Å². The minimum Gasteiger partial charge on any atom is -0.463 e. The molecule has 1 N–H and O–H groups in total. The van der Waals surface area contributed by atoms with Gasteiger partial charge in [-0.15, -0.1) is 0 Å². The summed E-state index contributed by atoms with van der Waals surface area (Å²) in [5, 5.41) is 4.16. The molecule has 0 saturated carbocycles. The number of nitrogens with one attached hydrogen (secondary N) is 1. The molecule has 0 bridgehead atoms. The maximum absolute atomic E-state index is 6.27. The Hall–Kier alpha value is -1.78. The van der Waals surface area contributed by atoms with Crippen molar-refractivity contribution in [2.24, 2.45) is 4.99 Å². The molecule has 120 valence electrons. The lowest BCUT2D eigenvalue weighted by Crippen LogP contribution is -2.47. The average Bonchev–Trinajstić information content (AvgIpc) is 3.04. The van der Waals surface area contributed by atoms with Crippen molar-refractivity contribution in [1.82, 2.24) is 5.32 Å². The van der Waals surface area contributed by atoms with Crippen LogP contribution < -0.4 is 10.2 Å². The Labute approximate surface area is 141 Å². The van der Waals surface area contributed by atoms with Crippen LogP contribution in [0, 0.1) is 0 Å². The van der Waals surface area contributed by atoms with Crippen LogP contribution in [-0.2, 0) is 0 Å². The number of furan rings is 1. The predicted molar refractivity (Wildman–Crippen MR) is 93.9 cm³/mol. The van der Waals surface area contributed by atoms with Crippen LogP contribution in [-0.4, -0.2) is 37.9 Å². The highest BCUT2D eigenvalue weighted by Gasteiger charge is 2.37. The molecule has 0 radical (unpaired) electrons. The molecule has 0 unspecified atom stereocenters. The number of rotatable bonds is 1. The second kappa shape index (κ2) is 5.69. The number of piperidine rings is 1. The highest BCUT2D eigenvalue weighted by Crippen LogP contribution is 2.35. The zero-order chi connectivity index (χ0) is 15.9. The number of anilines is 1. The topological polar surface area (TPSA) is 40.8 Å². The molecule has 0 amide bonds. The van der Waals surface area contributed by atoms with Crippen molar-refractivity contribution in [2.45, 2.75) is 18.4 Å². The molecule has 3 heterocycles. The van der Waals surface area contributed by atoms with Crippen LogP contribution in [0.3, 0.4) is 0 Å². The summed E-state index contributed by atoms with van der Waals surface area (Å²) in [7, 11) is 2.14. The largest absolute Gasteiger partial charge is 0.463 e. The molecule has 1 spiro atoms. The summed E-state index contributed by atoms with van der Waals surface area (Å²) in [5.74, 6) is 0.807. The van der Waals surface area contributed by atoms with E-state index in [9.17, 15) is 0 Å². The fourth-order valence-electron chi connectivity index (χ4n) is 3.65. The van der Waals surface area contributed by atoms with Gasteiger partial charge in [-0.25, -0.2) is 0 Å². The van der Waals surface area contributed by atoms with Gasteiger partial charge in [0, 0.05) is 29.9 Å². The molecule has 4 nitrogen and oxygen atoms in total. The Morgan fingerprint density at radius 2 is 2.09 bits per heavy atom. The highest BCUT2D eigenvalue weighted by molar-refractivity contribution is 6.31. The summed E-state index contributed by atoms with van der Waals surface area (Å²) < 4.78 is 5.69. The molecule has 4 rings (SSSR count). The Morgan fingerprint density at radius 1 is 1.26 bits per heavy atom. The number of fused-ring (bicyclic) bond motifs is 1. The lowest BCUT2D eigenvalue weighted by atomic mass is 9.88. The Kier molecular flexibility index (Phi) is 3.66. The quantitative estimate of drug-likeness (QED) is 0.872. The first kappa shape index (κ1) is 14.8. The summed E-state index contributed by atoms with van der Waals surface area (Å²) >= 11 is 6.27. The predicted octanol–water partition coefficient (Wildman–Crippen LogP) is 3.34. The minimum absolute atomic E-state index is 0.0758. The zero-order valence-electron chi connectivity index (χ0n) is 13.2. The fourth-order valence-corrected chi connectivity index (χ4v) is 3.83. The van der Waals surface area contributed by atoms with E-state index in [0.717, 1.165) is 60.2 Å². The van der Waals surface area contributed by atoms with Crippen LogP contribution >= 0.6 is 11.6 Å². The molecule has 1 saturated heterocycles. The van der Waals surface area contributed by atoms with Gasteiger partial charge in [-0.3, -0.25) is 4.99 Å². The second-order valence-corrected chi connectivity index (χ2v) is 6.87. The van der Waals surface area contributed by atoms with E-state index in [1.165, 1.54) is 0 Å². The van der Waals surface area contributed by atoms with E-state index in [-0.39, 0.29) is 5.54 Å². The summed E-state index contributed by atoms with van der Waals surface area (Å²) in [4.78, 5) is 7.53. The molecule has 1 aromatic carbocycles. The number of likely N-dealkylation sites (N-methyl/N-ethyl adjacent to an activating group) is 1. The highest BCUT2D eigenvalue weighted by atomic mass is 35.5. The number of nitrogens with zero attached hydrogens (tertiary/aromatic N) is 2. The molecule has 0 atom stereocenters. The van der Waals surface area contributed by atoms with E-state index in [2.05, 4.69) is 23.3 Å². The van der Waals surface area contributed by atoms with Crippen LogP contribution in [0.5, 0.6) is 0 Å². The number of halogens is 1. The van der Waals surface area contributed by atoms with E-state index in [4.69, 9.17) is 21.0 Å². The number of hydrogen-bond donors (Lipinski definition) is 1. The first-order chi connectivity index (χ1) is 11.2. The summed E-state index contributed by atoms with van der Waals surface area (Å²) in [6, 6.07) is 9.90. The van der Waals surface area contributed by atoms with E-state index < -0.39 is 0 Å². The third-order valence-electron chi connectivity index (χ3n) is 4.79. The van der Waals surface area contributed by atoms with Gasteiger partial charge in [-0.1, -0.05) is 11.6 Å². The Morgan fingerprint density at radius 3 is 2.83 bits per heavy atom. The molecule has 1 fully saturated rings. The molecule has 1 aromatic heterocycles. The van der Waals surface area contributed by atoms with Crippen LogP contribution in [0.4, 0.5) is 5.69 Å². The monoisotopic (exact) mass is 329 g/mol. The van der Waals surface area contributed by atoms with Gasteiger partial charge in [0.1, 0.15) is 5.71 Å². The molecule has 0 aliphatic carbocycles. The van der Waals surface area contributed by atoms with Gasteiger partial charge in [0.05, 0.1) is 11.8 Å². The lowest BCUT2D eigenvalue weighted by molar-refractivity contribution is 0.319. The minimum atomic E-state index is -0.0758. The van der Waals surface area contributed by atoms with Crippen molar-refractivity contribution in [3.63, 3.8) is 0 Å². The standard InChI is InChI=1S/C18H20ClN3O/c1-22-12-18(6-8-20-9-7-18)21-17(16-3-2-10-23-16)14-11-13(19)4-5-15(14)22/h2-5,10-11,20H,6-9,12H2,1H3. The van der Waals surface area contributed by atoms with Crippen LogP contribution in [0.25, 0.3) is 0 Å².